The van der Waals surface area contributed by atoms with E-state index in [2.05, 4.69) is 77.9 Å². The fourth-order valence-electron chi connectivity index (χ4n) is 3.96. The second kappa shape index (κ2) is 6.25. The fourth-order valence-corrected chi connectivity index (χ4v) is 4.32. The molecule has 0 amide bonds. The first kappa shape index (κ1) is 17.6. The molecule has 0 bridgehead atoms. The SMILES string of the molecule is CC(C)c1ccc(C(O)(c2cncc(Br)c2)C2(C)CN(C)C2)cc1. The van der Waals surface area contributed by atoms with Gasteiger partial charge in [0.15, 0.2) is 0 Å². The van der Waals surface area contributed by atoms with Crippen molar-refractivity contribution in [2.75, 3.05) is 20.1 Å². The van der Waals surface area contributed by atoms with Crippen molar-refractivity contribution in [2.24, 2.45) is 5.41 Å². The van der Waals surface area contributed by atoms with Crippen LogP contribution in [0.4, 0.5) is 0 Å². The van der Waals surface area contributed by atoms with Crippen molar-refractivity contribution >= 4 is 15.9 Å². The number of aromatic nitrogens is 1. The van der Waals surface area contributed by atoms with E-state index in [0.717, 1.165) is 28.7 Å². The van der Waals surface area contributed by atoms with Gasteiger partial charge in [0.2, 0.25) is 0 Å². The molecule has 0 saturated carbocycles. The van der Waals surface area contributed by atoms with E-state index in [1.807, 2.05) is 6.07 Å². The predicted molar refractivity (Wildman–Crippen MR) is 101 cm³/mol. The maximum atomic E-state index is 11.9. The maximum absolute atomic E-state index is 11.9. The highest BCUT2D eigenvalue weighted by Gasteiger charge is 2.55. The summed E-state index contributed by atoms with van der Waals surface area (Å²) in [7, 11) is 2.09. The Kier molecular flexibility index (Phi) is 4.58. The molecule has 1 aliphatic heterocycles. The second-order valence-corrected chi connectivity index (χ2v) is 8.53. The molecule has 2 aromatic rings. The molecule has 1 aliphatic rings. The Morgan fingerprint density at radius 3 is 2.29 bits per heavy atom. The zero-order valence-electron chi connectivity index (χ0n) is 14.8. The quantitative estimate of drug-likeness (QED) is 0.853. The van der Waals surface area contributed by atoms with Crippen molar-refractivity contribution in [3.63, 3.8) is 0 Å². The minimum atomic E-state index is -1.06. The van der Waals surface area contributed by atoms with Crippen molar-refractivity contribution < 1.29 is 5.11 Å². The van der Waals surface area contributed by atoms with Crippen LogP contribution in [0.3, 0.4) is 0 Å². The lowest BCUT2D eigenvalue weighted by Gasteiger charge is -2.55. The summed E-state index contributed by atoms with van der Waals surface area (Å²) < 4.78 is 0.883. The van der Waals surface area contributed by atoms with Crippen molar-refractivity contribution in [1.82, 2.24) is 9.88 Å². The smallest absolute Gasteiger partial charge is 0.124 e. The highest BCUT2D eigenvalue weighted by molar-refractivity contribution is 9.10. The van der Waals surface area contributed by atoms with E-state index in [1.54, 1.807) is 12.4 Å². The van der Waals surface area contributed by atoms with E-state index in [-0.39, 0.29) is 5.41 Å². The zero-order valence-corrected chi connectivity index (χ0v) is 16.3. The lowest BCUT2D eigenvalue weighted by atomic mass is 9.62. The third-order valence-corrected chi connectivity index (χ3v) is 5.66. The summed E-state index contributed by atoms with van der Waals surface area (Å²) in [4.78, 5) is 6.53. The van der Waals surface area contributed by atoms with E-state index in [1.165, 1.54) is 5.56 Å². The van der Waals surface area contributed by atoms with Gasteiger partial charge in [-0.3, -0.25) is 4.98 Å². The molecule has 3 rings (SSSR count). The van der Waals surface area contributed by atoms with Gasteiger partial charge in [-0.25, -0.2) is 0 Å². The van der Waals surface area contributed by atoms with Gasteiger partial charge >= 0.3 is 0 Å². The molecule has 3 nitrogen and oxygen atoms in total. The number of benzene rings is 1. The summed E-state index contributed by atoms with van der Waals surface area (Å²) in [5.41, 5.74) is 1.74. The van der Waals surface area contributed by atoms with Crippen LogP contribution in [0.5, 0.6) is 0 Å². The van der Waals surface area contributed by atoms with Crippen LogP contribution >= 0.6 is 15.9 Å². The van der Waals surface area contributed by atoms with Gasteiger partial charge in [-0.2, -0.15) is 0 Å². The molecule has 1 aromatic carbocycles. The molecule has 0 radical (unpaired) electrons. The molecule has 4 heteroatoms. The monoisotopic (exact) mass is 388 g/mol. The molecule has 2 heterocycles. The molecule has 1 unspecified atom stereocenters. The number of halogens is 1. The lowest BCUT2D eigenvalue weighted by molar-refractivity contribution is -0.127. The van der Waals surface area contributed by atoms with E-state index >= 15 is 0 Å². The van der Waals surface area contributed by atoms with E-state index in [4.69, 9.17) is 0 Å². The molecule has 1 fully saturated rings. The van der Waals surface area contributed by atoms with Crippen molar-refractivity contribution in [2.45, 2.75) is 32.3 Å². The number of aliphatic hydroxyl groups is 1. The van der Waals surface area contributed by atoms with Gasteiger partial charge in [0, 0.05) is 40.9 Å². The highest BCUT2D eigenvalue weighted by Crippen LogP contribution is 2.50. The Bertz CT molecular complexity index is 723. The number of nitrogens with zero attached hydrogens (tertiary/aromatic N) is 2. The largest absolute Gasteiger partial charge is 0.380 e. The summed E-state index contributed by atoms with van der Waals surface area (Å²) in [6.45, 7) is 8.22. The standard InChI is InChI=1S/C20H25BrN2O/c1-14(2)15-5-7-16(8-6-15)20(24,19(3)12-23(4)13-19)17-9-18(21)11-22-10-17/h5-11,14,24H,12-13H2,1-4H3. The molecule has 0 spiro atoms. The van der Waals surface area contributed by atoms with E-state index in [9.17, 15) is 5.11 Å². The maximum Gasteiger partial charge on any atom is 0.124 e. The van der Waals surface area contributed by atoms with Gasteiger partial charge in [0.05, 0.1) is 0 Å². The van der Waals surface area contributed by atoms with Gasteiger partial charge in [0.25, 0.3) is 0 Å². The van der Waals surface area contributed by atoms with Crippen LogP contribution in [0.2, 0.25) is 0 Å². The molecule has 0 aliphatic carbocycles. The molecule has 128 valence electrons. The first-order valence-corrected chi connectivity index (χ1v) is 9.18. The van der Waals surface area contributed by atoms with Gasteiger partial charge in [-0.1, -0.05) is 45.0 Å². The average Bonchev–Trinajstić information content (AvgIpc) is 2.52. The third-order valence-electron chi connectivity index (χ3n) is 5.23. The minimum absolute atomic E-state index is 0.246. The summed E-state index contributed by atoms with van der Waals surface area (Å²) in [6, 6.07) is 10.4. The van der Waals surface area contributed by atoms with Crippen LogP contribution in [0.15, 0.2) is 47.2 Å². The van der Waals surface area contributed by atoms with Crippen LogP contribution in [0, 0.1) is 5.41 Å². The van der Waals surface area contributed by atoms with Crippen LogP contribution in [-0.4, -0.2) is 35.1 Å². The Morgan fingerprint density at radius 2 is 1.79 bits per heavy atom. The van der Waals surface area contributed by atoms with Gasteiger partial charge in [-0.05, 0) is 46.1 Å². The number of likely N-dealkylation sites (tertiary alicyclic amines) is 1. The van der Waals surface area contributed by atoms with Crippen molar-refractivity contribution in [1.29, 1.82) is 0 Å². The molecule has 1 N–H and O–H groups in total. The fraction of sp³-hybridized carbons (Fsp3) is 0.450. The summed E-state index contributed by atoms with van der Waals surface area (Å²) >= 11 is 3.49. The molecular weight excluding hydrogens is 364 g/mol. The Morgan fingerprint density at radius 1 is 1.17 bits per heavy atom. The molecular formula is C20H25BrN2O. The van der Waals surface area contributed by atoms with Crippen LogP contribution in [0.1, 0.15) is 43.4 Å². The molecule has 1 aromatic heterocycles. The zero-order chi connectivity index (χ0) is 17.5. The minimum Gasteiger partial charge on any atom is -0.380 e. The van der Waals surface area contributed by atoms with Crippen molar-refractivity contribution in [3.05, 3.63) is 63.9 Å². The number of rotatable bonds is 4. The predicted octanol–water partition coefficient (Wildman–Crippen LogP) is 4.16. The van der Waals surface area contributed by atoms with E-state index < -0.39 is 5.60 Å². The van der Waals surface area contributed by atoms with Crippen LogP contribution in [-0.2, 0) is 5.60 Å². The topological polar surface area (TPSA) is 36.4 Å². The van der Waals surface area contributed by atoms with Gasteiger partial charge < -0.3 is 10.0 Å². The molecule has 24 heavy (non-hydrogen) atoms. The summed E-state index contributed by atoms with van der Waals surface area (Å²) in [6.07, 6.45) is 3.53. The molecule has 1 saturated heterocycles. The average molecular weight is 389 g/mol. The Balaban J connectivity index is 2.12. The number of hydrogen-bond acceptors (Lipinski definition) is 3. The Hall–Kier alpha value is -1.23. The number of pyridine rings is 1. The summed E-state index contributed by atoms with van der Waals surface area (Å²) in [5.74, 6) is 0.477. The summed E-state index contributed by atoms with van der Waals surface area (Å²) in [5, 5.41) is 11.9. The molecule has 1 atom stereocenters. The van der Waals surface area contributed by atoms with Gasteiger partial charge in [0.1, 0.15) is 5.60 Å². The highest BCUT2D eigenvalue weighted by atomic mass is 79.9. The normalized spacial score (nSPS) is 19.8. The first-order chi connectivity index (χ1) is 11.3. The van der Waals surface area contributed by atoms with E-state index in [0.29, 0.717) is 5.92 Å². The Labute approximate surface area is 152 Å². The third kappa shape index (κ3) is 2.81. The number of hydrogen-bond donors (Lipinski definition) is 1. The van der Waals surface area contributed by atoms with Gasteiger partial charge in [-0.15, -0.1) is 0 Å². The second-order valence-electron chi connectivity index (χ2n) is 7.61. The first-order valence-electron chi connectivity index (χ1n) is 8.39. The lowest BCUT2D eigenvalue weighted by Crippen LogP contribution is -2.63. The van der Waals surface area contributed by atoms with Crippen molar-refractivity contribution in [3.8, 4) is 0 Å². The van der Waals surface area contributed by atoms with Crippen LogP contribution in [0.25, 0.3) is 0 Å². The van der Waals surface area contributed by atoms with Crippen LogP contribution < -0.4 is 0 Å².